The van der Waals surface area contributed by atoms with Gasteiger partial charge in [0.1, 0.15) is 16.3 Å². The molecule has 0 amide bonds. The van der Waals surface area contributed by atoms with Crippen molar-refractivity contribution in [3.8, 4) is 27.4 Å². The Labute approximate surface area is 172 Å². The number of rotatable bonds is 6. The standard InChI is InChI=1S/C22H21NO5S/c1-22(2,3)15-6-4-5-13(9-15)14-10-16(28-12-19(24)25)20(23-11-14)17-7-8-18(29-17)21(26)27/h4-11H,12H2,1-3H3,(H,24,25)(H,26,27). The van der Waals surface area contributed by atoms with E-state index in [0.29, 0.717) is 16.3 Å². The number of ether oxygens (including phenoxy) is 1. The molecule has 0 spiro atoms. The lowest BCUT2D eigenvalue weighted by Crippen LogP contribution is -2.11. The van der Waals surface area contributed by atoms with Crippen LogP contribution >= 0.6 is 11.3 Å². The van der Waals surface area contributed by atoms with Gasteiger partial charge in [-0.1, -0.05) is 45.0 Å². The molecule has 0 fully saturated rings. The Morgan fingerprint density at radius 2 is 1.83 bits per heavy atom. The van der Waals surface area contributed by atoms with Crippen LogP contribution in [0.15, 0.2) is 48.7 Å². The number of hydrogen-bond acceptors (Lipinski definition) is 5. The van der Waals surface area contributed by atoms with Crippen molar-refractivity contribution in [3.05, 3.63) is 59.1 Å². The molecule has 29 heavy (non-hydrogen) atoms. The third-order valence-corrected chi connectivity index (χ3v) is 5.40. The van der Waals surface area contributed by atoms with Crippen molar-refractivity contribution in [2.45, 2.75) is 26.2 Å². The van der Waals surface area contributed by atoms with Crippen molar-refractivity contribution < 1.29 is 24.5 Å². The van der Waals surface area contributed by atoms with Crippen LogP contribution in [0.1, 0.15) is 36.0 Å². The lowest BCUT2D eigenvalue weighted by Gasteiger charge is -2.20. The molecule has 0 saturated heterocycles. The number of carboxylic acids is 2. The summed E-state index contributed by atoms with van der Waals surface area (Å²) in [6, 6.07) is 12.9. The molecule has 0 atom stereocenters. The minimum absolute atomic E-state index is 0.0176. The van der Waals surface area contributed by atoms with E-state index in [2.05, 4.69) is 37.9 Å². The Morgan fingerprint density at radius 3 is 2.45 bits per heavy atom. The van der Waals surface area contributed by atoms with Gasteiger partial charge in [-0.25, -0.2) is 9.59 Å². The summed E-state index contributed by atoms with van der Waals surface area (Å²) < 4.78 is 5.48. The molecule has 3 rings (SSSR count). The first-order valence-corrected chi connectivity index (χ1v) is 9.76. The topological polar surface area (TPSA) is 96.7 Å². The molecule has 0 unspecified atom stereocenters. The zero-order chi connectivity index (χ0) is 21.2. The van der Waals surface area contributed by atoms with Gasteiger partial charge in [-0.15, -0.1) is 11.3 Å². The Bertz CT molecular complexity index is 1070. The number of aromatic nitrogens is 1. The van der Waals surface area contributed by atoms with Crippen molar-refractivity contribution in [1.82, 2.24) is 4.98 Å². The molecule has 0 saturated carbocycles. The summed E-state index contributed by atoms with van der Waals surface area (Å²) in [5, 5.41) is 18.2. The van der Waals surface area contributed by atoms with Gasteiger partial charge < -0.3 is 14.9 Å². The molecule has 0 bridgehead atoms. The molecule has 0 radical (unpaired) electrons. The minimum Gasteiger partial charge on any atom is -0.480 e. The first kappa shape index (κ1) is 20.5. The molecule has 0 aliphatic heterocycles. The van der Waals surface area contributed by atoms with E-state index in [1.165, 1.54) is 6.07 Å². The molecule has 2 N–H and O–H groups in total. The monoisotopic (exact) mass is 411 g/mol. The zero-order valence-electron chi connectivity index (χ0n) is 16.3. The van der Waals surface area contributed by atoms with Crippen molar-refractivity contribution in [1.29, 1.82) is 0 Å². The fraction of sp³-hybridized carbons (Fsp3) is 0.227. The Balaban J connectivity index is 2.06. The van der Waals surface area contributed by atoms with E-state index in [9.17, 15) is 9.59 Å². The van der Waals surface area contributed by atoms with Gasteiger partial charge in [0.25, 0.3) is 0 Å². The van der Waals surface area contributed by atoms with Crippen LogP contribution in [0, 0.1) is 0 Å². The molecule has 150 valence electrons. The molecule has 0 aliphatic carbocycles. The fourth-order valence-electron chi connectivity index (χ4n) is 2.78. The van der Waals surface area contributed by atoms with Gasteiger partial charge >= 0.3 is 11.9 Å². The Morgan fingerprint density at radius 1 is 1.07 bits per heavy atom. The van der Waals surface area contributed by atoms with Crippen LogP contribution in [0.25, 0.3) is 21.7 Å². The van der Waals surface area contributed by atoms with Crippen LogP contribution in [0.3, 0.4) is 0 Å². The van der Waals surface area contributed by atoms with Gasteiger partial charge in [-0.05, 0) is 34.7 Å². The van der Waals surface area contributed by atoms with E-state index in [-0.39, 0.29) is 10.3 Å². The highest BCUT2D eigenvalue weighted by Gasteiger charge is 2.18. The van der Waals surface area contributed by atoms with Gasteiger partial charge in [-0.3, -0.25) is 4.98 Å². The largest absolute Gasteiger partial charge is 0.480 e. The molecule has 7 heteroatoms. The third-order valence-electron chi connectivity index (χ3n) is 4.32. The first-order valence-electron chi connectivity index (χ1n) is 8.94. The lowest BCUT2D eigenvalue weighted by atomic mass is 9.85. The summed E-state index contributed by atoms with van der Waals surface area (Å²) in [4.78, 5) is 27.4. The smallest absolute Gasteiger partial charge is 0.345 e. The maximum absolute atomic E-state index is 11.2. The molecule has 6 nitrogen and oxygen atoms in total. The van der Waals surface area contributed by atoms with Gasteiger partial charge in [0, 0.05) is 11.8 Å². The summed E-state index contributed by atoms with van der Waals surface area (Å²) in [6.07, 6.45) is 1.69. The SMILES string of the molecule is CC(C)(C)c1cccc(-c2cnc(-c3ccc(C(=O)O)s3)c(OCC(=O)O)c2)c1. The van der Waals surface area contributed by atoms with Crippen LogP contribution in [0.5, 0.6) is 5.75 Å². The molecular formula is C22H21NO5S. The summed E-state index contributed by atoms with van der Waals surface area (Å²) in [6.45, 7) is 5.88. The fourth-order valence-corrected chi connectivity index (χ4v) is 3.63. The quantitative estimate of drug-likeness (QED) is 0.597. The first-order chi connectivity index (χ1) is 13.6. The van der Waals surface area contributed by atoms with E-state index < -0.39 is 18.5 Å². The van der Waals surface area contributed by atoms with Crippen molar-refractivity contribution >= 4 is 23.3 Å². The summed E-state index contributed by atoms with van der Waals surface area (Å²) in [5.41, 5.74) is 3.29. The highest BCUT2D eigenvalue weighted by Crippen LogP contribution is 2.36. The number of benzene rings is 1. The van der Waals surface area contributed by atoms with E-state index in [4.69, 9.17) is 14.9 Å². The number of pyridine rings is 1. The predicted octanol–water partition coefficient (Wildman–Crippen LogP) is 4.94. The predicted molar refractivity (Wildman–Crippen MR) is 112 cm³/mol. The Hall–Kier alpha value is -3.19. The second-order valence-electron chi connectivity index (χ2n) is 7.55. The number of nitrogens with zero attached hydrogens (tertiary/aromatic N) is 1. The van der Waals surface area contributed by atoms with Crippen molar-refractivity contribution in [2.75, 3.05) is 6.61 Å². The highest BCUT2D eigenvalue weighted by atomic mass is 32.1. The van der Waals surface area contributed by atoms with Gasteiger partial charge in [0.15, 0.2) is 6.61 Å². The van der Waals surface area contributed by atoms with Gasteiger partial charge in [0.2, 0.25) is 0 Å². The van der Waals surface area contributed by atoms with Gasteiger partial charge in [-0.2, -0.15) is 0 Å². The van der Waals surface area contributed by atoms with E-state index in [0.717, 1.165) is 28.0 Å². The van der Waals surface area contributed by atoms with Crippen LogP contribution in [0.4, 0.5) is 0 Å². The summed E-state index contributed by atoms with van der Waals surface area (Å²) in [7, 11) is 0. The van der Waals surface area contributed by atoms with Crippen molar-refractivity contribution in [3.63, 3.8) is 0 Å². The van der Waals surface area contributed by atoms with Crippen LogP contribution < -0.4 is 4.74 Å². The number of aromatic carboxylic acids is 1. The van der Waals surface area contributed by atoms with Crippen LogP contribution in [-0.4, -0.2) is 33.7 Å². The van der Waals surface area contributed by atoms with E-state index in [1.807, 2.05) is 12.1 Å². The van der Waals surface area contributed by atoms with Crippen LogP contribution in [0.2, 0.25) is 0 Å². The maximum atomic E-state index is 11.2. The highest BCUT2D eigenvalue weighted by molar-refractivity contribution is 7.17. The number of thiophene rings is 1. The molecule has 2 aromatic heterocycles. The third kappa shape index (κ3) is 4.81. The second-order valence-corrected chi connectivity index (χ2v) is 8.64. The lowest BCUT2D eigenvalue weighted by molar-refractivity contribution is -0.139. The van der Waals surface area contributed by atoms with E-state index in [1.54, 1.807) is 18.3 Å². The summed E-state index contributed by atoms with van der Waals surface area (Å²) in [5.74, 6) is -1.83. The second kappa shape index (κ2) is 8.05. The van der Waals surface area contributed by atoms with Crippen molar-refractivity contribution in [2.24, 2.45) is 0 Å². The normalized spacial score (nSPS) is 11.3. The molecule has 2 heterocycles. The maximum Gasteiger partial charge on any atom is 0.345 e. The number of hydrogen-bond donors (Lipinski definition) is 2. The number of aliphatic carboxylic acids is 1. The zero-order valence-corrected chi connectivity index (χ0v) is 17.1. The average molecular weight is 411 g/mol. The average Bonchev–Trinajstić information content (AvgIpc) is 3.16. The van der Waals surface area contributed by atoms with Crippen LogP contribution in [-0.2, 0) is 10.2 Å². The minimum atomic E-state index is -1.10. The number of carboxylic acid groups (broad SMARTS) is 2. The Kier molecular flexibility index (Phi) is 5.70. The summed E-state index contributed by atoms with van der Waals surface area (Å²) >= 11 is 1.06. The molecule has 3 aromatic rings. The molecule has 1 aromatic carbocycles. The number of carbonyl (C=O) groups is 2. The molecular weight excluding hydrogens is 390 g/mol. The molecule has 0 aliphatic rings. The van der Waals surface area contributed by atoms with Gasteiger partial charge in [0.05, 0.1) is 4.88 Å². The van der Waals surface area contributed by atoms with E-state index >= 15 is 0 Å².